The molecule has 0 aromatic heterocycles. The molecule has 0 aliphatic carbocycles. The molecule has 0 spiro atoms. The molecule has 2 fully saturated rings. The van der Waals surface area contributed by atoms with Gasteiger partial charge in [0.15, 0.2) is 0 Å². The van der Waals surface area contributed by atoms with E-state index in [0.29, 0.717) is 31.5 Å². The van der Waals surface area contributed by atoms with Crippen LogP contribution in [0.15, 0.2) is 47.4 Å². The number of hydrogen-bond donors (Lipinski definition) is 1. The molecular formula is C23H26FN3O4S. The fourth-order valence-electron chi connectivity index (χ4n) is 4.24. The third-order valence-electron chi connectivity index (χ3n) is 6.12. The summed E-state index contributed by atoms with van der Waals surface area (Å²) in [6.45, 7) is 3.06. The Hall–Kier alpha value is -2.78. The molecule has 0 bridgehead atoms. The van der Waals surface area contributed by atoms with Crippen LogP contribution in [0.4, 0.5) is 15.8 Å². The molecule has 7 nitrogen and oxygen atoms in total. The molecule has 2 saturated heterocycles. The normalized spacial score (nSPS) is 18.2. The Balaban J connectivity index is 1.39. The minimum Gasteiger partial charge on any atom is -0.326 e. The number of nitrogens with one attached hydrogen (secondary N) is 1. The van der Waals surface area contributed by atoms with Crippen LogP contribution in [-0.4, -0.2) is 44.2 Å². The largest absolute Gasteiger partial charge is 0.326 e. The number of anilines is 2. The first-order chi connectivity index (χ1) is 15.3. The van der Waals surface area contributed by atoms with E-state index in [9.17, 15) is 22.4 Å². The van der Waals surface area contributed by atoms with E-state index in [0.717, 1.165) is 29.8 Å². The molecular weight excluding hydrogens is 433 g/mol. The van der Waals surface area contributed by atoms with Crippen LogP contribution >= 0.6 is 0 Å². The highest BCUT2D eigenvalue weighted by molar-refractivity contribution is 7.89. The number of hydrogen-bond acceptors (Lipinski definition) is 4. The number of benzene rings is 2. The lowest BCUT2D eigenvalue weighted by atomic mass is 9.97. The molecule has 0 saturated carbocycles. The van der Waals surface area contributed by atoms with E-state index in [1.54, 1.807) is 4.90 Å². The lowest BCUT2D eigenvalue weighted by molar-refractivity contribution is -0.121. The van der Waals surface area contributed by atoms with Gasteiger partial charge in [0.05, 0.1) is 4.90 Å². The topological polar surface area (TPSA) is 86.8 Å². The van der Waals surface area contributed by atoms with E-state index >= 15 is 0 Å². The van der Waals surface area contributed by atoms with Gasteiger partial charge in [-0.15, -0.1) is 0 Å². The molecule has 2 aromatic carbocycles. The zero-order chi connectivity index (χ0) is 22.9. The van der Waals surface area contributed by atoms with Crippen molar-refractivity contribution in [3.05, 3.63) is 53.8 Å². The van der Waals surface area contributed by atoms with Crippen molar-refractivity contribution in [1.29, 1.82) is 0 Å². The third-order valence-corrected chi connectivity index (χ3v) is 8.03. The SMILES string of the molecule is Cc1ccc(NC(=O)C2CCN(S(=O)(=O)c3ccc(F)cc3)CC2)cc1N1CCCC1=O. The van der Waals surface area contributed by atoms with Crippen molar-refractivity contribution >= 4 is 33.2 Å². The van der Waals surface area contributed by atoms with Crippen LogP contribution < -0.4 is 10.2 Å². The van der Waals surface area contributed by atoms with Crippen LogP contribution in [0.3, 0.4) is 0 Å². The molecule has 0 radical (unpaired) electrons. The molecule has 2 amide bonds. The molecule has 1 N–H and O–H groups in total. The van der Waals surface area contributed by atoms with Gasteiger partial charge in [-0.3, -0.25) is 9.59 Å². The second kappa shape index (κ2) is 8.99. The lowest BCUT2D eigenvalue weighted by Crippen LogP contribution is -2.41. The maximum absolute atomic E-state index is 13.1. The summed E-state index contributed by atoms with van der Waals surface area (Å²) in [5, 5.41) is 2.92. The van der Waals surface area contributed by atoms with E-state index in [-0.39, 0.29) is 35.7 Å². The quantitative estimate of drug-likeness (QED) is 0.743. The van der Waals surface area contributed by atoms with Gasteiger partial charge >= 0.3 is 0 Å². The summed E-state index contributed by atoms with van der Waals surface area (Å²) in [6, 6.07) is 10.3. The van der Waals surface area contributed by atoms with Crippen molar-refractivity contribution in [1.82, 2.24) is 4.31 Å². The van der Waals surface area contributed by atoms with Crippen molar-refractivity contribution in [2.24, 2.45) is 5.92 Å². The van der Waals surface area contributed by atoms with Crippen LogP contribution in [0.2, 0.25) is 0 Å². The second-order valence-electron chi connectivity index (χ2n) is 8.27. The Morgan fingerprint density at radius 2 is 1.75 bits per heavy atom. The van der Waals surface area contributed by atoms with Crippen LogP contribution in [0.25, 0.3) is 0 Å². The summed E-state index contributed by atoms with van der Waals surface area (Å²) < 4.78 is 40.0. The molecule has 4 rings (SSSR count). The number of piperidine rings is 1. The standard InChI is InChI=1S/C23H26FN3O4S/c1-16-4-7-19(15-21(16)27-12-2-3-22(27)28)25-23(29)17-10-13-26(14-11-17)32(30,31)20-8-5-18(24)6-9-20/h4-9,15,17H,2-3,10-14H2,1H3,(H,25,29). The third kappa shape index (κ3) is 4.54. The van der Waals surface area contributed by atoms with Gasteiger partial charge in [0, 0.05) is 43.3 Å². The van der Waals surface area contributed by atoms with Crippen molar-refractivity contribution in [2.45, 2.75) is 37.5 Å². The fraction of sp³-hybridized carbons (Fsp3) is 0.391. The van der Waals surface area contributed by atoms with Gasteiger partial charge in [0.1, 0.15) is 5.82 Å². The summed E-state index contributed by atoms with van der Waals surface area (Å²) in [5.74, 6) is -0.877. The van der Waals surface area contributed by atoms with Gasteiger partial charge in [0.2, 0.25) is 21.8 Å². The van der Waals surface area contributed by atoms with E-state index < -0.39 is 15.8 Å². The molecule has 2 aliphatic heterocycles. The number of sulfonamides is 1. The monoisotopic (exact) mass is 459 g/mol. The average molecular weight is 460 g/mol. The lowest BCUT2D eigenvalue weighted by Gasteiger charge is -2.30. The molecule has 0 atom stereocenters. The molecule has 2 aromatic rings. The van der Waals surface area contributed by atoms with Gasteiger partial charge in [-0.1, -0.05) is 6.07 Å². The first-order valence-corrected chi connectivity index (χ1v) is 12.2. The highest BCUT2D eigenvalue weighted by Crippen LogP contribution is 2.29. The summed E-state index contributed by atoms with van der Waals surface area (Å²) in [7, 11) is -3.71. The highest BCUT2D eigenvalue weighted by Gasteiger charge is 2.32. The molecule has 0 unspecified atom stereocenters. The number of carbonyl (C=O) groups is 2. The summed E-state index contributed by atoms with van der Waals surface area (Å²) in [5.41, 5.74) is 2.40. The predicted octanol–water partition coefficient (Wildman–Crippen LogP) is 3.30. The Labute approximate surface area is 187 Å². The van der Waals surface area contributed by atoms with Gasteiger partial charge in [-0.05, 0) is 68.1 Å². The van der Waals surface area contributed by atoms with Crippen molar-refractivity contribution in [2.75, 3.05) is 29.9 Å². The van der Waals surface area contributed by atoms with E-state index in [1.807, 2.05) is 25.1 Å². The number of nitrogens with zero attached hydrogens (tertiary/aromatic N) is 2. The van der Waals surface area contributed by atoms with Crippen molar-refractivity contribution in [3.63, 3.8) is 0 Å². The number of amides is 2. The van der Waals surface area contributed by atoms with Crippen LogP contribution in [0.1, 0.15) is 31.2 Å². The van der Waals surface area contributed by atoms with Crippen LogP contribution in [0.5, 0.6) is 0 Å². The second-order valence-corrected chi connectivity index (χ2v) is 10.2. The smallest absolute Gasteiger partial charge is 0.243 e. The van der Waals surface area contributed by atoms with E-state index in [4.69, 9.17) is 0 Å². The summed E-state index contributed by atoms with van der Waals surface area (Å²) >= 11 is 0. The van der Waals surface area contributed by atoms with Crippen molar-refractivity contribution in [3.8, 4) is 0 Å². The summed E-state index contributed by atoms with van der Waals surface area (Å²) in [6.07, 6.45) is 2.16. The van der Waals surface area contributed by atoms with E-state index in [1.165, 1.54) is 16.4 Å². The number of aryl methyl sites for hydroxylation is 1. The molecule has 2 aliphatic rings. The fourth-order valence-corrected chi connectivity index (χ4v) is 5.71. The average Bonchev–Trinajstić information content (AvgIpc) is 3.21. The Morgan fingerprint density at radius 3 is 2.38 bits per heavy atom. The Morgan fingerprint density at radius 1 is 1.06 bits per heavy atom. The number of carbonyl (C=O) groups excluding carboxylic acids is 2. The molecule has 9 heteroatoms. The minimum absolute atomic E-state index is 0.0467. The minimum atomic E-state index is -3.71. The maximum atomic E-state index is 13.1. The highest BCUT2D eigenvalue weighted by atomic mass is 32.2. The first kappa shape index (κ1) is 22.4. The molecule has 170 valence electrons. The van der Waals surface area contributed by atoms with Gasteiger partial charge in [0.25, 0.3) is 0 Å². The zero-order valence-electron chi connectivity index (χ0n) is 17.9. The molecule has 2 heterocycles. The Kier molecular flexibility index (Phi) is 6.30. The van der Waals surface area contributed by atoms with Crippen LogP contribution in [0, 0.1) is 18.7 Å². The number of halogens is 1. The summed E-state index contributed by atoms with van der Waals surface area (Å²) in [4.78, 5) is 26.7. The molecule has 32 heavy (non-hydrogen) atoms. The van der Waals surface area contributed by atoms with Gasteiger partial charge < -0.3 is 10.2 Å². The predicted molar refractivity (Wildman–Crippen MR) is 119 cm³/mol. The van der Waals surface area contributed by atoms with Gasteiger partial charge in [-0.2, -0.15) is 4.31 Å². The zero-order valence-corrected chi connectivity index (χ0v) is 18.7. The maximum Gasteiger partial charge on any atom is 0.243 e. The van der Waals surface area contributed by atoms with Crippen molar-refractivity contribution < 1.29 is 22.4 Å². The van der Waals surface area contributed by atoms with E-state index in [2.05, 4.69) is 5.32 Å². The first-order valence-electron chi connectivity index (χ1n) is 10.7. The Bertz CT molecular complexity index is 1130. The van der Waals surface area contributed by atoms with Crippen LogP contribution in [-0.2, 0) is 19.6 Å². The van der Waals surface area contributed by atoms with Gasteiger partial charge in [-0.25, -0.2) is 12.8 Å². The number of rotatable bonds is 5.